The van der Waals surface area contributed by atoms with E-state index in [9.17, 15) is 23.1 Å². The van der Waals surface area contributed by atoms with Crippen LogP contribution in [0.4, 0.5) is 5.69 Å². The molecule has 36 heavy (non-hydrogen) atoms. The van der Waals surface area contributed by atoms with Crippen LogP contribution in [0.1, 0.15) is 22.2 Å². The minimum Gasteiger partial charge on any atom is -0.503 e. The Hall–Kier alpha value is -4.41. The lowest BCUT2D eigenvalue weighted by Gasteiger charge is -2.26. The Bertz CT molecular complexity index is 1640. The van der Waals surface area contributed by atoms with Crippen molar-refractivity contribution in [2.24, 2.45) is 5.14 Å². The third-order valence-electron chi connectivity index (χ3n) is 5.96. The number of hydrogen-bond acceptors (Lipinski definition) is 7. The highest BCUT2D eigenvalue weighted by molar-refractivity contribution is 7.89. The molecule has 4 aromatic rings. The van der Waals surface area contributed by atoms with E-state index in [0.717, 1.165) is 0 Å². The number of primary sulfonamides is 1. The number of benzene rings is 3. The molecule has 1 unspecified atom stereocenters. The summed E-state index contributed by atoms with van der Waals surface area (Å²) < 4.78 is 34.4. The summed E-state index contributed by atoms with van der Waals surface area (Å²) in [4.78, 5) is 28.0. The molecule has 1 aliphatic rings. The lowest BCUT2D eigenvalue weighted by atomic mass is 9.95. The van der Waals surface area contributed by atoms with E-state index in [0.29, 0.717) is 22.3 Å². The zero-order valence-electron chi connectivity index (χ0n) is 18.9. The van der Waals surface area contributed by atoms with Crippen LogP contribution in [0, 0.1) is 0 Å². The van der Waals surface area contributed by atoms with E-state index in [1.165, 1.54) is 42.3 Å². The summed E-state index contributed by atoms with van der Waals surface area (Å²) in [6.45, 7) is 0. The standard InChI is InChI=1S/C26H20N2O7S/c1-34-19-9-5-8-16-14-20(35-25(16)19)23(29)21-22(15-6-3-2-4-7-15)28(26(31)24(21)30)17-10-12-18(13-11-17)36(27,32)33/h2-14,22,30H,1H3,(H2,27,32,33). The van der Waals surface area contributed by atoms with Crippen LogP contribution in [0.3, 0.4) is 0 Å². The number of sulfonamides is 1. The van der Waals surface area contributed by atoms with Gasteiger partial charge >= 0.3 is 0 Å². The van der Waals surface area contributed by atoms with Crippen molar-refractivity contribution in [2.45, 2.75) is 10.9 Å². The molecule has 0 saturated carbocycles. The van der Waals surface area contributed by atoms with Gasteiger partial charge < -0.3 is 14.3 Å². The van der Waals surface area contributed by atoms with Crippen LogP contribution in [0.5, 0.6) is 5.75 Å². The predicted molar refractivity (Wildman–Crippen MR) is 131 cm³/mol. The van der Waals surface area contributed by atoms with E-state index in [-0.39, 0.29) is 21.9 Å². The van der Waals surface area contributed by atoms with Crippen molar-refractivity contribution < 1.29 is 32.3 Å². The summed E-state index contributed by atoms with van der Waals surface area (Å²) in [6.07, 6.45) is 0. The summed E-state index contributed by atoms with van der Waals surface area (Å²) in [5.74, 6) is -1.85. The quantitative estimate of drug-likeness (QED) is 0.380. The third-order valence-corrected chi connectivity index (χ3v) is 6.89. The average molecular weight is 505 g/mol. The molecule has 3 N–H and O–H groups in total. The van der Waals surface area contributed by atoms with Gasteiger partial charge in [0.2, 0.25) is 15.8 Å². The predicted octanol–water partition coefficient (Wildman–Crippen LogP) is 3.87. The van der Waals surface area contributed by atoms with Crippen molar-refractivity contribution in [3.8, 4) is 5.75 Å². The Morgan fingerprint density at radius 3 is 2.36 bits per heavy atom. The number of fused-ring (bicyclic) bond motifs is 1. The number of carbonyl (C=O) groups excluding carboxylic acids is 2. The number of aliphatic hydroxyl groups excluding tert-OH is 1. The Morgan fingerprint density at radius 2 is 1.72 bits per heavy atom. The lowest BCUT2D eigenvalue weighted by molar-refractivity contribution is -0.117. The minimum absolute atomic E-state index is 0.0730. The molecule has 1 atom stereocenters. The summed E-state index contributed by atoms with van der Waals surface area (Å²) in [5.41, 5.74) is 1.02. The lowest BCUT2D eigenvalue weighted by Crippen LogP contribution is -2.31. The van der Waals surface area contributed by atoms with Crippen LogP contribution < -0.4 is 14.8 Å². The van der Waals surface area contributed by atoms with Gasteiger partial charge in [-0.2, -0.15) is 0 Å². The highest BCUT2D eigenvalue weighted by atomic mass is 32.2. The van der Waals surface area contributed by atoms with Crippen molar-refractivity contribution >= 4 is 38.4 Å². The van der Waals surface area contributed by atoms with Crippen molar-refractivity contribution in [3.63, 3.8) is 0 Å². The monoisotopic (exact) mass is 504 g/mol. The maximum atomic E-state index is 13.7. The molecule has 5 rings (SSSR count). The SMILES string of the molecule is COc1cccc2cc(C(=O)C3=C(O)C(=O)N(c4ccc(S(N)(=O)=O)cc4)C3c3ccccc3)oc12. The van der Waals surface area contributed by atoms with Crippen LogP contribution in [0.25, 0.3) is 11.0 Å². The molecule has 1 aliphatic heterocycles. The Labute approximate surface area is 206 Å². The van der Waals surface area contributed by atoms with E-state index >= 15 is 0 Å². The number of amides is 1. The van der Waals surface area contributed by atoms with E-state index in [1.807, 2.05) is 0 Å². The first-order valence-corrected chi connectivity index (χ1v) is 12.3. The fourth-order valence-electron chi connectivity index (χ4n) is 4.29. The zero-order chi connectivity index (χ0) is 25.6. The van der Waals surface area contributed by atoms with Crippen LogP contribution in [0.15, 0.2) is 99.5 Å². The normalized spacial score (nSPS) is 16.1. The molecule has 1 amide bonds. The number of aliphatic hydroxyl groups is 1. The van der Waals surface area contributed by atoms with E-state index in [2.05, 4.69) is 0 Å². The van der Waals surface area contributed by atoms with Gasteiger partial charge in [-0.15, -0.1) is 0 Å². The third kappa shape index (κ3) is 3.82. The molecule has 0 bridgehead atoms. The summed E-state index contributed by atoms with van der Waals surface area (Å²) in [7, 11) is -2.47. The van der Waals surface area contributed by atoms with E-state index in [1.54, 1.807) is 48.5 Å². The van der Waals surface area contributed by atoms with Crippen LogP contribution in [-0.4, -0.2) is 32.3 Å². The van der Waals surface area contributed by atoms with Crippen molar-refractivity contribution in [1.29, 1.82) is 0 Å². The van der Waals surface area contributed by atoms with Gasteiger partial charge in [-0.25, -0.2) is 13.6 Å². The highest BCUT2D eigenvalue weighted by Gasteiger charge is 2.45. The second-order valence-electron chi connectivity index (χ2n) is 8.11. The number of hydrogen-bond donors (Lipinski definition) is 2. The molecule has 0 radical (unpaired) electrons. The molecule has 10 heteroatoms. The number of methoxy groups -OCH3 is 1. The van der Waals surface area contributed by atoms with Crippen molar-refractivity contribution in [3.05, 3.63) is 102 Å². The first-order valence-electron chi connectivity index (χ1n) is 10.8. The summed E-state index contributed by atoms with van der Waals surface area (Å²) in [5, 5.41) is 16.7. The van der Waals surface area contributed by atoms with Crippen LogP contribution in [-0.2, 0) is 14.8 Å². The topological polar surface area (TPSA) is 140 Å². The number of ether oxygens (including phenoxy) is 1. The maximum Gasteiger partial charge on any atom is 0.294 e. The van der Waals surface area contributed by atoms with Gasteiger partial charge in [-0.05, 0) is 42.0 Å². The van der Waals surface area contributed by atoms with Gasteiger partial charge in [0.25, 0.3) is 5.91 Å². The van der Waals surface area contributed by atoms with Crippen molar-refractivity contribution in [1.82, 2.24) is 0 Å². The number of rotatable bonds is 6. The van der Waals surface area contributed by atoms with E-state index in [4.69, 9.17) is 14.3 Å². The van der Waals surface area contributed by atoms with Gasteiger partial charge in [0.1, 0.15) is 0 Å². The van der Waals surface area contributed by atoms with Gasteiger partial charge in [0.15, 0.2) is 22.9 Å². The molecule has 0 saturated heterocycles. The average Bonchev–Trinajstić information content (AvgIpc) is 3.43. The number of anilines is 1. The van der Waals surface area contributed by atoms with Gasteiger partial charge in [0.05, 0.1) is 23.6 Å². The number of carbonyl (C=O) groups is 2. The number of nitrogens with two attached hydrogens (primary N) is 1. The second-order valence-corrected chi connectivity index (χ2v) is 9.67. The van der Waals surface area contributed by atoms with Crippen molar-refractivity contribution in [2.75, 3.05) is 12.0 Å². The fraction of sp³-hybridized carbons (Fsp3) is 0.0769. The number of Topliss-reactive ketones (excluding diaryl/α,β-unsaturated/α-hetero) is 1. The first kappa shape index (κ1) is 23.3. The second kappa shape index (κ2) is 8.67. The van der Waals surface area contributed by atoms with Crippen LogP contribution >= 0.6 is 0 Å². The number of nitrogens with zero attached hydrogens (tertiary/aromatic N) is 1. The maximum absolute atomic E-state index is 13.7. The van der Waals surface area contributed by atoms with Gasteiger partial charge in [0, 0.05) is 11.1 Å². The molecule has 0 spiro atoms. The zero-order valence-corrected chi connectivity index (χ0v) is 19.7. The number of furan rings is 1. The number of para-hydroxylation sites is 1. The highest BCUT2D eigenvalue weighted by Crippen LogP contribution is 2.42. The summed E-state index contributed by atoms with van der Waals surface area (Å²) in [6, 6.07) is 19.7. The molecule has 182 valence electrons. The summed E-state index contributed by atoms with van der Waals surface area (Å²) >= 11 is 0. The molecule has 3 aromatic carbocycles. The molecule has 2 heterocycles. The van der Waals surface area contributed by atoms with Gasteiger partial charge in [-0.1, -0.05) is 42.5 Å². The molecule has 1 aromatic heterocycles. The molecular formula is C26H20N2O7S. The first-order chi connectivity index (χ1) is 17.2. The number of ketones is 1. The van der Waals surface area contributed by atoms with Crippen LogP contribution in [0.2, 0.25) is 0 Å². The molecular weight excluding hydrogens is 484 g/mol. The Kier molecular flexibility index (Phi) is 5.62. The minimum atomic E-state index is -3.95. The van der Waals surface area contributed by atoms with Gasteiger partial charge in [-0.3, -0.25) is 14.5 Å². The Morgan fingerprint density at radius 1 is 1.03 bits per heavy atom. The fourth-order valence-corrected chi connectivity index (χ4v) is 4.81. The largest absolute Gasteiger partial charge is 0.503 e. The molecule has 0 aliphatic carbocycles. The Balaban J connectivity index is 1.63. The van der Waals surface area contributed by atoms with E-state index < -0.39 is 33.5 Å². The molecule has 9 nitrogen and oxygen atoms in total. The molecule has 0 fully saturated rings. The smallest absolute Gasteiger partial charge is 0.294 e.